The molecule has 0 atom stereocenters. The van der Waals surface area contributed by atoms with Crippen LogP contribution in [0.5, 0.6) is 0 Å². The number of carbonyl (C=O) groups excluding carboxylic acids is 1. The Morgan fingerprint density at radius 3 is 2.67 bits per heavy atom. The molecule has 0 saturated carbocycles. The molecule has 5 heteroatoms. The number of carbonyl (C=O) groups is 1. The van der Waals surface area contributed by atoms with E-state index in [1.165, 1.54) is 4.90 Å². The highest BCUT2D eigenvalue weighted by Crippen LogP contribution is 2.17. The van der Waals surface area contributed by atoms with E-state index in [1.807, 2.05) is 42.5 Å². The summed E-state index contributed by atoms with van der Waals surface area (Å²) in [7, 11) is 1.96. The Bertz CT molecular complexity index is 456. The minimum atomic E-state index is -0.296. The topological polar surface area (TPSA) is 44.7 Å². The Kier molecular flexibility index (Phi) is 4.25. The van der Waals surface area contributed by atoms with Crippen molar-refractivity contribution in [1.29, 1.82) is 0 Å². The average molecular weight is 263 g/mol. The SMILES string of the molecule is CSc1ccc(NC(=O)N=C2CCCN2C)cc1. The predicted molar refractivity (Wildman–Crippen MR) is 76.5 cm³/mol. The zero-order valence-corrected chi connectivity index (χ0v) is 11.5. The summed E-state index contributed by atoms with van der Waals surface area (Å²) >= 11 is 1.68. The van der Waals surface area contributed by atoms with Crippen LogP contribution < -0.4 is 5.32 Å². The third-order valence-corrected chi connectivity index (χ3v) is 3.65. The number of thioether (sulfide) groups is 1. The molecule has 18 heavy (non-hydrogen) atoms. The second-order valence-electron chi connectivity index (χ2n) is 4.21. The van der Waals surface area contributed by atoms with E-state index in [-0.39, 0.29) is 6.03 Å². The smallest absolute Gasteiger partial charge is 0.347 e. The minimum absolute atomic E-state index is 0.296. The summed E-state index contributed by atoms with van der Waals surface area (Å²) in [5, 5.41) is 2.78. The van der Waals surface area contributed by atoms with Crippen LogP contribution in [0.25, 0.3) is 0 Å². The van der Waals surface area contributed by atoms with Crippen LogP contribution in [-0.4, -0.2) is 36.6 Å². The Balaban J connectivity index is 1.98. The molecule has 2 rings (SSSR count). The number of nitrogens with one attached hydrogen (secondary N) is 1. The van der Waals surface area contributed by atoms with Crippen LogP contribution in [0.2, 0.25) is 0 Å². The lowest BCUT2D eigenvalue weighted by Gasteiger charge is -2.10. The van der Waals surface area contributed by atoms with Crippen molar-refractivity contribution < 1.29 is 4.79 Å². The van der Waals surface area contributed by atoms with Gasteiger partial charge in [-0.2, -0.15) is 4.99 Å². The van der Waals surface area contributed by atoms with Gasteiger partial charge in [-0.05, 0) is 36.9 Å². The van der Waals surface area contributed by atoms with E-state index in [9.17, 15) is 4.79 Å². The monoisotopic (exact) mass is 263 g/mol. The largest absolute Gasteiger partial charge is 0.363 e. The zero-order valence-electron chi connectivity index (χ0n) is 10.6. The molecule has 1 aromatic carbocycles. The number of amides is 2. The van der Waals surface area contributed by atoms with Crippen molar-refractivity contribution in [1.82, 2.24) is 4.90 Å². The van der Waals surface area contributed by atoms with Crippen molar-refractivity contribution in [3.05, 3.63) is 24.3 Å². The second-order valence-corrected chi connectivity index (χ2v) is 5.09. The van der Waals surface area contributed by atoms with Crippen molar-refractivity contribution in [2.24, 2.45) is 4.99 Å². The van der Waals surface area contributed by atoms with E-state index in [0.29, 0.717) is 0 Å². The number of nitrogens with zero attached hydrogens (tertiary/aromatic N) is 2. The first-order chi connectivity index (χ1) is 8.69. The van der Waals surface area contributed by atoms with Crippen LogP contribution in [0.15, 0.2) is 34.2 Å². The standard InChI is InChI=1S/C13H17N3OS/c1-16-9-3-4-12(16)15-13(17)14-10-5-7-11(18-2)8-6-10/h5-8H,3-4,9H2,1-2H3,(H,14,17). The van der Waals surface area contributed by atoms with Crippen LogP contribution in [0.1, 0.15) is 12.8 Å². The Morgan fingerprint density at radius 1 is 1.39 bits per heavy atom. The first-order valence-electron chi connectivity index (χ1n) is 5.93. The Hall–Kier alpha value is -1.49. The Morgan fingerprint density at radius 2 is 2.11 bits per heavy atom. The molecular formula is C13H17N3OS. The number of hydrogen-bond donors (Lipinski definition) is 1. The molecule has 4 nitrogen and oxygen atoms in total. The molecule has 1 fully saturated rings. The van der Waals surface area contributed by atoms with E-state index in [0.717, 1.165) is 30.9 Å². The molecule has 0 aromatic heterocycles. The molecule has 0 aliphatic carbocycles. The maximum absolute atomic E-state index is 11.7. The molecule has 0 unspecified atom stereocenters. The van der Waals surface area contributed by atoms with Crippen LogP contribution in [-0.2, 0) is 0 Å². The summed E-state index contributed by atoms with van der Waals surface area (Å²) in [6, 6.07) is 7.45. The number of amidine groups is 1. The minimum Gasteiger partial charge on any atom is -0.363 e. The fraction of sp³-hybridized carbons (Fsp3) is 0.385. The van der Waals surface area contributed by atoms with Gasteiger partial charge in [0.1, 0.15) is 5.84 Å². The van der Waals surface area contributed by atoms with E-state index < -0.39 is 0 Å². The van der Waals surface area contributed by atoms with Crippen LogP contribution in [0, 0.1) is 0 Å². The molecule has 1 N–H and O–H groups in total. The first-order valence-corrected chi connectivity index (χ1v) is 7.15. The lowest BCUT2D eigenvalue weighted by atomic mass is 10.3. The molecule has 0 radical (unpaired) electrons. The van der Waals surface area contributed by atoms with Gasteiger partial charge in [-0.1, -0.05) is 0 Å². The van der Waals surface area contributed by atoms with E-state index in [2.05, 4.69) is 10.3 Å². The Labute approximate surface area is 111 Å². The van der Waals surface area contributed by atoms with Crippen LogP contribution >= 0.6 is 11.8 Å². The summed E-state index contributed by atoms with van der Waals surface area (Å²) in [4.78, 5) is 19.0. The van der Waals surface area contributed by atoms with Gasteiger partial charge in [-0.15, -0.1) is 11.8 Å². The van der Waals surface area contributed by atoms with Gasteiger partial charge < -0.3 is 10.2 Å². The van der Waals surface area contributed by atoms with Crippen molar-refractivity contribution >= 4 is 29.3 Å². The normalized spacial score (nSPS) is 17.2. The summed E-state index contributed by atoms with van der Waals surface area (Å²) < 4.78 is 0. The zero-order chi connectivity index (χ0) is 13.0. The van der Waals surface area contributed by atoms with Gasteiger partial charge in [0, 0.05) is 30.6 Å². The molecular weight excluding hydrogens is 246 g/mol. The van der Waals surface area contributed by atoms with Crippen LogP contribution in [0.4, 0.5) is 10.5 Å². The highest BCUT2D eigenvalue weighted by atomic mass is 32.2. The van der Waals surface area contributed by atoms with Crippen molar-refractivity contribution in [3.8, 4) is 0 Å². The van der Waals surface area contributed by atoms with Crippen molar-refractivity contribution in [2.75, 3.05) is 25.2 Å². The molecule has 96 valence electrons. The number of aliphatic imine (C=N–C) groups is 1. The molecule has 2 amide bonds. The number of benzene rings is 1. The maximum Gasteiger partial charge on any atom is 0.347 e. The third kappa shape index (κ3) is 3.26. The number of likely N-dealkylation sites (tertiary alicyclic amines) is 1. The molecule has 0 spiro atoms. The van der Waals surface area contributed by atoms with Gasteiger partial charge in [0.2, 0.25) is 0 Å². The fourth-order valence-electron chi connectivity index (χ4n) is 1.88. The third-order valence-electron chi connectivity index (χ3n) is 2.91. The van der Waals surface area contributed by atoms with Gasteiger partial charge in [0.15, 0.2) is 0 Å². The van der Waals surface area contributed by atoms with Crippen molar-refractivity contribution in [3.63, 3.8) is 0 Å². The number of anilines is 1. The molecule has 1 aliphatic heterocycles. The highest BCUT2D eigenvalue weighted by molar-refractivity contribution is 7.98. The summed E-state index contributed by atoms with van der Waals surface area (Å²) in [6.07, 6.45) is 3.98. The molecule has 0 bridgehead atoms. The molecule has 1 heterocycles. The van der Waals surface area contributed by atoms with E-state index in [1.54, 1.807) is 11.8 Å². The van der Waals surface area contributed by atoms with Crippen molar-refractivity contribution in [2.45, 2.75) is 17.7 Å². The lowest BCUT2D eigenvalue weighted by Crippen LogP contribution is -2.21. The molecule has 1 aromatic rings. The van der Waals surface area contributed by atoms with Crippen LogP contribution in [0.3, 0.4) is 0 Å². The quantitative estimate of drug-likeness (QED) is 0.834. The maximum atomic E-state index is 11.7. The average Bonchev–Trinajstić information content (AvgIpc) is 2.76. The van der Waals surface area contributed by atoms with Gasteiger partial charge in [-0.3, -0.25) is 0 Å². The predicted octanol–water partition coefficient (Wildman–Crippen LogP) is 3.06. The van der Waals surface area contributed by atoms with E-state index in [4.69, 9.17) is 0 Å². The van der Waals surface area contributed by atoms with Gasteiger partial charge in [0.05, 0.1) is 0 Å². The number of hydrogen-bond acceptors (Lipinski definition) is 2. The molecule has 1 aliphatic rings. The lowest BCUT2D eigenvalue weighted by molar-refractivity contribution is 0.259. The number of urea groups is 1. The molecule has 1 saturated heterocycles. The summed E-state index contributed by atoms with van der Waals surface area (Å²) in [5.41, 5.74) is 0.780. The summed E-state index contributed by atoms with van der Waals surface area (Å²) in [5.74, 6) is 0.869. The summed E-state index contributed by atoms with van der Waals surface area (Å²) in [6.45, 7) is 0.981. The van der Waals surface area contributed by atoms with Gasteiger partial charge in [-0.25, -0.2) is 4.79 Å². The fourth-order valence-corrected chi connectivity index (χ4v) is 2.29. The van der Waals surface area contributed by atoms with Gasteiger partial charge >= 0.3 is 6.03 Å². The first kappa shape index (κ1) is 13.0. The van der Waals surface area contributed by atoms with E-state index >= 15 is 0 Å². The number of rotatable bonds is 2. The van der Waals surface area contributed by atoms with Gasteiger partial charge in [0.25, 0.3) is 0 Å². The second kappa shape index (κ2) is 5.91. The highest BCUT2D eigenvalue weighted by Gasteiger charge is 2.15.